The smallest absolute Gasteiger partial charge is 0.198 e. The van der Waals surface area contributed by atoms with E-state index in [-0.39, 0.29) is 33.8 Å². The number of aliphatic hydroxyl groups is 1. The summed E-state index contributed by atoms with van der Waals surface area (Å²) in [5.74, 6) is 10.6. The maximum absolute atomic E-state index is 14.2. The number of fused-ring (bicyclic) bond motifs is 5. The number of carbonyl (C=O) groups excluding carboxylic acids is 2. The van der Waals surface area contributed by atoms with Gasteiger partial charge in [-0.2, -0.15) is 0 Å². The lowest BCUT2D eigenvalue weighted by molar-refractivity contribution is 0.0868. The largest absolute Gasteiger partial charge is 0.507 e. The van der Waals surface area contributed by atoms with Crippen molar-refractivity contribution in [1.82, 2.24) is 0 Å². The molecule has 0 aromatic heterocycles. The highest BCUT2D eigenvalue weighted by atomic mass is 16.6. The van der Waals surface area contributed by atoms with Crippen molar-refractivity contribution in [2.45, 2.75) is 43.7 Å². The average molecular weight is 517 g/mol. The fourth-order valence-electron chi connectivity index (χ4n) is 6.65. The molecule has 1 saturated heterocycles. The molecule has 192 valence electrons. The normalized spacial score (nSPS) is 28.7. The Hall–Kier alpha value is -4.40. The highest BCUT2D eigenvalue weighted by molar-refractivity contribution is 6.32. The van der Waals surface area contributed by atoms with E-state index >= 15 is 0 Å². The van der Waals surface area contributed by atoms with E-state index in [0.717, 1.165) is 16.3 Å². The van der Waals surface area contributed by atoms with E-state index in [1.54, 1.807) is 31.2 Å². The van der Waals surface area contributed by atoms with Gasteiger partial charge in [-0.05, 0) is 66.6 Å². The van der Waals surface area contributed by atoms with Crippen LogP contribution in [-0.2, 0) is 16.9 Å². The fraction of sp³-hybridized carbons (Fsp3) is 0.250. The zero-order chi connectivity index (χ0) is 27.3. The molecule has 0 unspecified atom stereocenters. The second-order valence-corrected chi connectivity index (χ2v) is 10.5. The van der Waals surface area contributed by atoms with E-state index in [4.69, 9.17) is 10.5 Å². The third kappa shape index (κ3) is 2.84. The molecule has 7 rings (SSSR count). The summed E-state index contributed by atoms with van der Waals surface area (Å²) >= 11 is 0. The number of rotatable bonds is 2. The Morgan fingerprint density at radius 1 is 1.03 bits per heavy atom. The van der Waals surface area contributed by atoms with Crippen LogP contribution >= 0.6 is 0 Å². The average Bonchev–Trinajstić information content (AvgIpc) is 3.66. The summed E-state index contributed by atoms with van der Waals surface area (Å²) in [5.41, 5.74) is 5.73. The van der Waals surface area contributed by atoms with E-state index in [1.807, 2.05) is 25.1 Å². The Labute approximate surface area is 224 Å². The lowest BCUT2D eigenvalue weighted by atomic mass is 9.67. The van der Waals surface area contributed by atoms with E-state index in [2.05, 4.69) is 29.0 Å². The number of nitrogens with one attached hydrogen (secondary N) is 1. The lowest BCUT2D eigenvalue weighted by Crippen LogP contribution is -2.53. The number of benzene rings is 3. The Morgan fingerprint density at radius 3 is 2.44 bits per heavy atom. The summed E-state index contributed by atoms with van der Waals surface area (Å²) < 4.78 is 6.44. The zero-order valence-corrected chi connectivity index (χ0v) is 21.3. The number of phenols is 1. The number of hydrogen-bond donors (Lipinski definition) is 4. The van der Waals surface area contributed by atoms with Gasteiger partial charge in [-0.1, -0.05) is 35.8 Å². The summed E-state index contributed by atoms with van der Waals surface area (Å²) in [6, 6.07) is 9.83. The number of nitrogens with two attached hydrogens (primary N) is 1. The first-order chi connectivity index (χ1) is 18.7. The summed E-state index contributed by atoms with van der Waals surface area (Å²) in [4.78, 5) is 28.0. The van der Waals surface area contributed by atoms with Crippen LogP contribution in [0.25, 0.3) is 10.8 Å². The Kier molecular flexibility index (Phi) is 4.75. The quantitative estimate of drug-likeness (QED) is 0.183. The summed E-state index contributed by atoms with van der Waals surface area (Å²) in [5, 5.41) is 27.2. The monoisotopic (exact) mass is 516 g/mol. The van der Waals surface area contributed by atoms with Crippen LogP contribution < -0.4 is 11.1 Å². The number of anilines is 1. The van der Waals surface area contributed by atoms with Gasteiger partial charge in [0.15, 0.2) is 17.2 Å². The highest BCUT2D eigenvalue weighted by Gasteiger charge is 2.81. The number of epoxide rings is 1. The first kappa shape index (κ1) is 23.7. The second-order valence-electron chi connectivity index (χ2n) is 10.5. The number of aliphatic hydroxyl groups excluding tert-OH is 1. The van der Waals surface area contributed by atoms with Gasteiger partial charge in [-0.25, -0.2) is 0 Å². The molecule has 39 heavy (non-hydrogen) atoms. The van der Waals surface area contributed by atoms with Crippen molar-refractivity contribution < 1.29 is 24.5 Å². The van der Waals surface area contributed by atoms with Gasteiger partial charge < -0.3 is 26.0 Å². The molecule has 2 bridgehead atoms. The molecule has 0 saturated carbocycles. The zero-order valence-electron chi connectivity index (χ0n) is 21.3. The summed E-state index contributed by atoms with van der Waals surface area (Å²) in [6.07, 6.45) is 2.32. The van der Waals surface area contributed by atoms with Crippen LogP contribution in [0.4, 0.5) is 5.69 Å². The second kappa shape index (κ2) is 7.81. The number of carbonyl (C=O) groups is 2. The van der Waals surface area contributed by atoms with Gasteiger partial charge in [0.25, 0.3) is 0 Å². The predicted molar refractivity (Wildman–Crippen MR) is 145 cm³/mol. The van der Waals surface area contributed by atoms with Gasteiger partial charge in [-0.3, -0.25) is 9.59 Å². The molecule has 5 atom stereocenters. The minimum atomic E-state index is -1.16. The van der Waals surface area contributed by atoms with Crippen LogP contribution in [0, 0.1) is 29.6 Å². The first-order valence-electron chi connectivity index (χ1n) is 12.8. The van der Waals surface area contributed by atoms with Gasteiger partial charge in [0.05, 0.1) is 28.8 Å². The van der Waals surface area contributed by atoms with Crippen LogP contribution in [0.1, 0.15) is 56.8 Å². The Morgan fingerprint density at radius 2 is 1.72 bits per heavy atom. The maximum Gasteiger partial charge on any atom is 0.198 e. The molecule has 2 heterocycles. The number of hydrogen-bond acceptors (Lipinski definition) is 7. The number of ether oxygens (including phenoxy) is 1. The number of phenolic OH excluding ortho intramolecular Hbond substituents is 1. The van der Waals surface area contributed by atoms with Crippen LogP contribution in [0.3, 0.4) is 0 Å². The van der Waals surface area contributed by atoms with Gasteiger partial charge in [0.2, 0.25) is 0 Å². The first-order valence-corrected chi connectivity index (χ1v) is 12.8. The molecular weight excluding hydrogens is 492 g/mol. The van der Waals surface area contributed by atoms with Crippen LogP contribution in [-0.4, -0.2) is 39.5 Å². The third-order valence-corrected chi connectivity index (χ3v) is 8.52. The third-order valence-electron chi connectivity index (χ3n) is 8.52. The van der Waals surface area contributed by atoms with Crippen molar-refractivity contribution in [3.8, 4) is 29.4 Å². The molecule has 3 aromatic carbocycles. The predicted octanol–water partition coefficient (Wildman–Crippen LogP) is 3.13. The molecule has 4 aliphatic rings. The number of ketones is 2. The molecule has 0 amide bonds. The number of aromatic hydroxyl groups is 1. The molecule has 7 heteroatoms. The van der Waals surface area contributed by atoms with Crippen molar-refractivity contribution in [2.24, 2.45) is 11.7 Å². The van der Waals surface area contributed by atoms with Crippen molar-refractivity contribution in [2.75, 3.05) is 5.32 Å². The SMILES string of the molecule is C[C@@H]1C#C/C=C\C#C[C@@H]2Nc3c(cc(O)c4c3C(=O)c3cc5ccc(CN)cc5cc3C4=O)[C@]13O[C@@]23[C@@H](C)O. The molecule has 1 fully saturated rings. The van der Waals surface area contributed by atoms with Gasteiger partial charge in [0, 0.05) is 23.2 Å². The number of allylic oxidation sites excluding steroid dienone is 2. The molecular formula is C32H24N2O5. The maximum atomic E-state index is 14.2. The standard InChI is InChI=1S/C32H24N2O5/c1-16-7-5-3-4-6-8-25-32(17(2)35)31(16,39-32)23-14-24(36)26-27(28(23)34-25)30(38)21-12-19-10-9-18(15-33)11-20(19)13-22(21)29(26)37/h3-4,9-14,16-17,25,34-36H,15,33H2,1-2H3/b4-3-/t16-,17-,25+,31-,32+/m1/s1. The molecule has 3 aromatic rings. The molecule has 0 spiro atoms. The minimum absolute atomic E-state index is 0.0640. The van der Waals surface area contributed by atoms with Gasteiger partial charge >= 0.3 is 0 Å². The Balaban J connectivity index is 1.50. The van der Waals surface area contributed by atoms with Crippen LogP contribution in [0.2, 0.25) is 0 Å². The Bertz CT molecular complexity index is 1830. The van der Waals surface area contributed by atoms with E-state index in [9.17, 15) is 19.8 Å². The summed E-state index contributed by atoms with van der Waals surface area (Å²) in [7, 11) is 0. The molecule has 2 aliphatic carbocycles. The molecule has 7 nitrogen and oxygen atoms in total. The van der Waals surface area contributed by atoms with Crippen LogP contribution in [0.5, 0.6) is 5.75 Å². The molecule has 5 N–H and O–H groups in total. The fourth-order valence-corrected chi connectivity index (χ4v) is 6.65. The summed E-state index contributed by atoms with van der Waals surface area (Å²) in [6.45, 7) is 3.86. The minimum Gasteiger partial charge on any atom is -0.507 e. The van der Waals surface area contributed by atoms with Gasteiger partial charge in [-0.15, -0.1) is 0 Å². The lowest BCUT2D eigenvalue weighted by Gasteiger charge is -2.38. The molecule has 0 radical (unpaired) electrons. The topological polar surface area (TPSA) is 125 Å². The van der Waals surface area contributed by atoms with E-state index < -0.39 is 35.0 Å². The van der Waals surface area contributed by atoms with Crippen molar-refractivity contribution in [1.29, 1.82) is 0 Å². The van der Waals surface area contributed by atoms with Crippen molar-refractivity contribution in [3.05, 3.63) is 81.9 Å². The van der Waals surface area contributed by atoms with E-state index in [1.165, 1.54) is 6.07 Å². The van der Waals surface area contributed by atoms with Gasteiger partial charge in [0.1, 0.15) is 17.4 Å². The van der Waals surface area contributed by atoms with Crippen LogP contribution in [0.15, 0.2) is 48.6 Å². The highest BCUT2D eigenvalue weighted by Crippen LogP contribution is 2.68. The molecule has 2 aliphatic heterocycles. The van der Waals surface area contributed by atoms with E-state index in [0.29, 0.717) is 17.8 Å². The van der Waals surface area contributed by atoms with Crippen molar-refractivity contribution in [3.63, 3.8) is 0 Å². The van der Waals surface area contributed by atoms with Crippen molar-refractivity contribution >= 4 is 28.0 Å².